The van der Waals surface area contributed by atoms with Crippen molar-refractivity contribution in [3.05, 3.63) is 52.2 Å². The number of carbonyl (C=O) groups excluding carboxylic acids is 1. The summed E-state index contributed by atoms with van der Waals surface area (Å²) in [5, 5.41) is 12.6. The van der Waals surface area contributed by atoms with Gasteiger partial charge in [-0.3, -0.25) is 9.69 Å². The van der Waals surface area contributed by atoms with E-state index in [4.69, 9.17) is 9.47 Å². The van der Waals surface area contributed by atoms with Gasteiger partial charge in [-0.25, -0.2) is 14.4 Å². The maximum atomic E-state index is 15.2. The minimum absolute atomic E-state index is 0.0708. The number of ether oxygens (including phenoxy) is 2. The van der Waals surface area contributed by atoms with Gasteiger partial charge in [-0.2, -0.15) is 5.26 Å². The Morgan fingerprint density at radius 3 is 2.73 bits per heavy atom. The number of fused-ring (bicyclic) bond motifs is 1. The number of anilines is 1. The zero-order valence-corrected chi connectivity index (χ0v) is 21.3. The number of Topliss-reactive ketones (excluding diaryl/α,β-unsaturated/α-hetero) is 1. The van der Waals surface area contributed by atoms with Crippen LogP contribution in [-0.4, -0.2) is 66.7 Å². The number of aromatic nitrogens is 2. The van der Waals surface area contributed by atoms with Crippen LogP contribution < -0.4 is 10.1 Å². The molecule has 0 unspecified atom stereocenters. The molecular weight excluding hydrogens is 473 g/mol. The van der Waals surface area contributed by atoms with Crippen molar-refractivity contribution in [1.29, 1.82) is 5.26 Å². The Kier molecular flexibility index (Phi) is 7.49. The summed E-state index contributed by atoms with van der Waals surface area (Å²) < 4.78 is 26.1. The number of hydrogen-bond acceptors (Lipinski definition) is 8. The molecule has 194 valence electrons. The summed E-state index contributed by atoms with van der Waals surface area (Å²) in [5.74, 6) is 1.07. The van der Waals surface area contributed by atoms with Crippen molar-refractivity contribution in [3.63, 3.8) is 0 Å². The van der Waals surface area contributed by atoms with Gasteiger partial charge in [0.15, 0.2) is 5.78 Å². The minimum Gasteiger partial charge on any atom is -0.496 e. The number of nitriles is 1. The van der Waals surface area contributed by atoms with E-state index < -0.39 is 5.82 Å². The average Bonchev–Trinajstić information content (AvgIpc) is 3.28. The minimum atomic E-state index is -0.550. The van der Waals surface area contributed by atoms with Crippen molar-refractivity contribution in [3.8, 4) is 11.8 Å². The number of benzene rings is 1. The molecule has 0 saturated carbocycles. The lowest BCUT2D eigenvalue weighted by Crippen LogP contribution is -2.51. The summed E-state index contributed by atoms with van der Waals surface area (Å²) in [6.07, 6.45) is 4.85. The number of allylic oxidation sites excluding steroid dienone is 2. The first kappa shape index (κ1) is 25.3. The second kappa shape index (κ2) is 11.0. The van der Waals surface area contributed by atoms with Gasteiger partial charge < -0.3 is 14.8 Å². The van der Waals surface area contributed by atoms with Crippen molar-refractivity contribution in [1.82, 2.24) is 14.9 Å². The summed E-state index contributed by atoms with van der Waals surface area (Å²) >= 11 is 0. The van der Waals surface area contributed by atoms with Crippen LogP contribution in [0.3, 0.4) is 0 Å². The Bertz CT molecular complexity index is 1260. The van der Waals surface area contributed by atoms with Crippen LogP contribution in [0.5, 0.6) is 5.75 Å². The Balaban J connectivity index is 1.31. The largest absolute Gasteiger partial charge is 0.496 e. The molecule has 2 aliphatic heterocycles. The maximum Gasteiger partial charge on any atom is 0.166 e. The summed E-state index contributed by atoms with van der Waals surface area (Å²) in [5.41, 5.74) is 2.72. The molecule has 8 nitrogen and oxygen atoms in total. The van der Waals surface area contributed by atoms with Crippen LogP contribution in [0.2, 0.25) is 0 Å². The molecule has 3 heterocycles. The molecule has 0 radical (unpaired) electrons. The highest BCUT2D eigenvalue weighted by Crippen LogP contribution is 2.33. The van der Waals surface area contributed by atoms with E-state index in [1.54, 1.807) is 0 Å². The molecule has 5 rings (SSSR count). The Labute approximate surface area is 216 Å². The van der Waals surface area contributed by atoms with Gasteiger partial charge in [-0.05, 0) is 50.9 Å². The topological polar surface area (TPSA) is 100 Å². The predicted octanol–water partition coefficient (Wildman–Crippen LogP) is 3.79. The Hall–Kier alpha value is -3.35. The standard InChI is InChI=1S/C28H32FN5O3/c1-3-31-28-27-18(14-30)4-5-23(27)32-26(33-28)12-19-11-22(29)21(13-25(19)36-2)24(35)10-17-6-8-34(9-7-17)20-15-37-16-20/h4,11,13,17,20H,3,5-10,12,15-16H2,1-2H3,(H,31,32,33). The van der Waals surface area contributed by atoms with Gasteiger partial charge in [0.2, 0.25) is 0 Å². The number of ketones is 1. The van der Waals surface area contributed by atoms with Crippen LogP contribution in [0.4, 0.5) is 10.2 Å². The van der Waals surface area contributed by atoms with Crippen LogP contribution in [-0.2, 0) is 17.6 Å². The van der Waals surface area contributed by atoms with Gasteiger partial charge in [0.25, 0.3) is 0 Å². The zero-order chi connectivity index (χ0) is 25.9. The molecule has 0 bridgehead atoms. The van der Waals surface area contributed by atoms with Crippen LogP contribution in [0.1, 0.15) is 59.2 Å². The van der Waals surface area contributed by atoms with Crippen molar-refractivity contribution in [2.24, 2.45) is 5.92 Å². The van der Waals surface area contributed by atoms with Crippen LogP contribution in [0.25, 0.3) is 5.57 Å². The number of nitrogens with one attached hydrogen (secondary N) is 1. The number of likely N-dealkylation sites (tertiary alicyclic amines) is 1. The van der Waals surface area contributed by atoms with Gasteiger partial charge in [0.05, 0.1) is 54.8 Å². The molecule has 2 fully saturated rings. The SMILES string of the molecule is CCNc1nc(Cc2cc(F)c(C(=O)CC3CCN(C4COC4)CC3)cc2OC)nc2c1C(C#N)=CC2. The third-order valence-electron chi connectivity index (χ3n) is 7.54. The first-order valence-corrected chi connectivity index (χ1v) is 13.0. The molecule has 1 N–H and O–H groups in total. The van der Waals surface area contributed by atoms with E-state index in [9.17, 15) is 10.1 Å². The van der Waals surface area contributed by atoms with Crippen LogP contribution in [0.15, 0.2) is 18.2 Å². The van der Waals surface area contributed by atoms with E-state index in [2.05, 4.69) is 26.3 Å². The molecule has 2 saturated heterocycles. The highest BCUT2D eigenvalue weighted by Gasteiger charge is 2.31. The Morgan fingerprint density at radius 2 is 2.08 bits per heavy atom. The number of nitrogens with zero attached hydrogens (tertiary/aromatic N) is 4. The quantitative estimate of drug-likeness (QED) is 0.514. The normalized spacial score (nSPS) is 18.1. The first-order valence-electron chi connectivity index (χ1n) is 13.0. The van der Waals surface area contributed by atoms with E-state index in [1.165, 1.54) is 19.2 Å². The third-order valence-corrected chi connectivity index (χ3v) is 7.54. The predicted molar refractivity (Wildman–Crippen MR) is 137 cm³/mol. The number of piperidine rings is 1. The van der Waals surface area contributed by atoms with E-state index in [1.807, 2.05) is 13.0 Å². The zero-order valence-electron chi connectivity index (χ0n) is 21.3. The highest BCUT2D eigenvalue weighted by atomic mass is 19.1. The molecule has 0 spiro atoms. The lowest BCUT2D eigenvalue weighted by atomic mass is 9.88. The van der Waals surface area contributed by atoms with Gasteiger partial charge in [0.1, 0.15) is 23.2 Å². The van der Waals surface area contributed by atoms with E-state index >= 15 is 4.39 Å². The summed E-state index contributed by atoms with van der Waals surface area (Å²) in [6.45, 7) is 6.11. The highest BCUT2D eigenvalue weighted by molar-refractivity contribution is 5.97. The van der Waals surface area contributed by atoms with Gasteiger partial charge in [-0.15, -0.1) is 0 Å². The lowest BCUT2D eigenvalue weighted by molar-refractivity contribution is -0.0737. The van der Waals surface area contributed by atoms with Crippen LogP contribution >= 0.6 is 0 Å². The van der Waals surface area contributed by atoms with Crippen molar-refractivity contribution in [2.45, 2.75) is 45.1 Å². The number of rotatable bonds is 9. The van der Waals surface area contributed by atoms with Crippen molar-refractivity contribution in [2.75, 3.05) is 45.3 Å². The number of halogens is 1. The van der Waals surface area contributed by atoms with E-state index in [0.717, 1.165) is 50.4 Å². The summed E-state index contributed by atoms with van der Waals surface area (Å²) in [7, 11) is 1.52. The number of methoxy groups -OCH3 is 1. The Morgan fingerprint density at radius 1 is 1.30 bits per heavy atom. The lowest BCUT2D eigenvalue weighted by Gasteiger charge is -2.41. The third kappa shape index (κ3) is 5.22. The molecule has 1 aromatic carbocycles. The summed E-state index contributed by atoms with van der Waals surface area (Å²) in [4.78, 5) is 24.8. The number of hydrogen-bond donors (Lipinski definition) is 1. The maximum absolute atomic E-state index is 15.2. The molecule has 1 aromatic heterocycles. The second-order valence-corrected chi connectivity index (χ2v) is 9.89. The fourth-order valence-electron chi connectivity index (χ4n) is 5.40. The molecule has 0 amide bonds. The van der Waals surface area contributed by atoms with Crippen molar-refractivity contribution >= 4 is 17.2 Å². The average molecular weight is 506 g/mol. The van der Waals surface area contributed by atoms with Crippen LogP contribution in [0, 0.1) is 23.1 Å². The van der Waals surface area contributed by atoms with E-state index in [0.29, 0.717) is 54.0 Å². The van der Waals surface area contributed by atoms with E-state index in [-0.39, 0.29) is 23.7 Å². The second-order valence-electron chi connectivity index (χ2n) is 9.89. The molecular formula is C28H32FN5O3. The molecule has 3 aliphatic rings. The molecule has 0 atom stereocenters. The fraction of sp³-hybridized carbons (Fsp3) is 0.500. The molecule has 2 aromatic rings. The fourth-order valence-corrected chi connectivity index (χ4v) is 5.40. The molecule has 37 heavy (non-hydrogen) atoms. The first-order chi connectivity index (χ1) is 18.0. The molecule has 9 heteroatoms. The van der Waals surface area contributed by atoms with Gasteiger partial charge in [0, 0.05) is 31.4 Å². The monoisotopic (exact) mass is 505 g/mol. The van der Waals surface area contributed by atoms with Gasteiger partial charge >= 0.3 is 0 Å². The number of carbonyl (C=O) groups is 1. The molecule has 1 aliphatic carbocycles. The van der Waals surface area contributed by atoms with Crippen molar-refractivity contribution < 1.29 is 18.7 Å². The smallest absolute Gasteiger partial charge is 0.166 e. The summed E-state index contributed by atoms with van der Waals surface area (Å²) in [6, 6.07) is 5.60. The van der Waals surface area contributed by atoms with Gasteiger partial charge in [-0.1, -0.05) is 6.08 Å².